The molecule has 124 valence electrons. The fourth-order valence-corrected chi connectivity index (χ4v) is 3.39. The third-order valence-corrected chi connectivity index (χ3v) is 4.59. The first-order chi connectivity index (χ1) is 12.2. The first-order valence-corrected chi connectivity index (χ1v) is 8.24. The monoisotopic (exact) mass is 331 g/mol. The van der Waals surface area contributed by atoms with Gasteiger partial charge in [0.15, 0.2) is 0 Å². The third kappa shape index (κ3) is 2.85. The van der Waals surface area contributed by atoms with Gasteiger partial charge in [0.05, 0.1) is 6.04 Å². The molecule has 3 aromatic rings. The average molecular weight is 331 g/mol. The molecule has 0 spiro atoms. The Labute approximate surface area is 145 Å². The zero-order valence-corrected chi connectivity index (χ0v) is 13.6. The number of amides is 1. The Kier molecular flexibility index (Phi) is 3.90. The lowest BCUT2D eigenvalue weighted by molar-refractivity contribution is 0.102. The molecule has 0 fully saturated rings. The van der Waals surface area contributed by atoms with Crippen LogP contribution in [0.2, 0.25) is 0 Å². The Bertz CT molecular complexity index is 979. The van der Waals surface area contributed by atoms with Crippen molar-refractivity contribution in [1.29, 1.82) is 0 Å². The van der Waals surface area contributed by atoms with Crippen LogP contribution in [0.15, 0.2) is 71.9 Å². The van der Waals surface area contributed by atoms with E-state index >= 15 is 0 Å². The Hall–Kier alpha value is -3.21. The van der Waals surface area contributed by atoms with E-state index in [4.69, 9.17) is 0 Å². The van der Waals surface area contributed by atoms with Crippen LogP contribution in [0.25, 0.3) is 0 Å². The smallest absolute Gasteiger partial charge is 0.263 e. The van der Waals surface area contributed by atoms with Crippen molar-refractivity contribution in [3.05, 3.63) is 94.2 Å². The SMILES string of the molecule is O=C(Nc1ccncc1)c1cccn(C2CCc3ccccc32)c1=O. The number of anilines is 1. The van der Waals surface area contributed by atoms with Crippen LogP contribution in [0, 0.1) is 0 Å². The molecule has 0 radical (unpaired) electrons. The summed E-state index contributed by atoms with van der Waals surface area (Å²) in [6, 6.07) is 14.8. The summed E-state index contributed by atoms with van der Waals surface area (Å²) in [5.74, 6) is -0.406. The second kappa shape index (κ2) is 6.36. The number of aryl methyl sites for hydroxylation is 1. The van der Waals surface area contributed by atoms with Crippen LogP contribution in [-0.4, -0.2) is 15.5 Å². The highest BCUT2D eigenvalue weighted by atomic mass is 16.2. The quantitative estimate of drug-likeness (QED) is 0.802. The Morgan fingerprint density at radius 2 is 1.88 bits per heavy atom. The standard InChI is InChI=1S/C20H17N3O2/c24-19(22-15-9-11-21-12-10-15)17-6-3-13-23(20(17)25)18-8-7-14-4-1-2-5-16(14)18/h1-6,9-13,18H,7-8H2,(H,21,22,24). The molecule has 25 heavy (non-hydrogen) atoms. The van der Waals surface area contributed by atoms with Crippen molar-refractivity contribution < 1.29 is 4.79 Å². The van der Waals surface area contributed by atoms with Gasteiger partial charge in [-0.05, 0) is 48.2 Å². The summed E-state index contributed by atoms with van der Waals surface area (Å²) in [5.41, 5.74) is 2.92. The molecule has 0 aliphatic heterocycles. The maximum absolute atomic E-state index is 12.9. The lowest BCUT2D eigenvalue weighted by Gasteiger charge is -2.16. The van der Waals surface area contributed by atoms with Gasteiger partial charge in [-0.2, -0.15) is 0 Å². The molecule has 1 aliphatic rings. The van der Waals surface area contributed by atoms with Crippen LogP contribution >= 0.6 is 0 Å². The fraction of sp³-hybridized carbons (Fsp3) is 0.150. The molecule has 5 heteroatoms. The summed E-state index contributed by atoms with van der Waals surface area (Å²) in [6.45, 7) is 0. The minimum Gasteiger partial charge on any atom is -0.322 e. The summed E-state index contributed by atoms with van der Waals surface area (Å²) in [4.78, 5) is 29.3. The van der Waals surface area contributed by atoms with Gasteiger partial charge in [0, 0.05) is 24.3 Å². The molecule has 4 rings (SSSR count). The summed E-state index contributed by atoms with van der Waals surface area (Å²) in [7, 11) is 0. The van der Waals surface area contributed by atoms with Crippen molar-refractivity contribution >= 4 is 11.6 Å². The molecular formula is C20H17N3O2. The number of carbonyl (C=O) groups is 1. The highest BCUT2D eigenvalue weighted by molar-refractivity contribution is 6.03. The predicted octanol–water partition coefficient (Wildman–Crippen LogP) is 3.03. The van der Waals surface area contributed by atoms with E-state index in [2.05, 4.69) is 22.4 Å². The molecule has 1 aromatic carbocycles. The molecule has 1 atom stereocenters. The van der Waals surface area contributed by atoms with Crippen LogP contribution in [0.5, 0.6) is 0 Å². The number of rotatable bonds is 3. The van der Waals surface area contributed by atoms with Crippen LogP contribution in [-0.2, 0) is 6.42 Å². The van der Waals surface area contributed by atoms with E-state index in [-0.39, 0.29) is 17.2 Å². The van der Waals surface area contributed by atoms with Crippen molar-refractivity contribution in [2.45, 2.75) is 18.9 Å². The van der Waals surface area contributed by atoms with Crippen LogP contribution in [0.1, 0.15) is 33.9 Å². The first kappa shape index (κ1) is 15.3. The number of pyridine rings is 2. The van der Waals surface area contributed by atoms with Gasteiger partial charge in [-0.25, -0.2) is 0 Å². The molecule has 2 aromatic heterocycles. The lowest BCUT2D eigenvalue weighted by atomic mass is 10.1. The van der Waals surface area contributed by atoms with Gasteiger partial charge in [0.2, 0.25) is 0 Å². The number of carbonyl (C=O) groups excluding carboxylic acids is 1. The summed E-state index contributed by atoms with van der Waals surface area (Å²) < 4.78 is 1.67. The molecular weight excluding hydrogens is 314 g/mol. The summed E-state index contributed by atoms with van der Waals surface area (Å²) >= 11 is 0. The van der Waals surface area contributed by atoms with Gasteiger partial charge in [0.25, 0.3) is 11.5 Å². The fourth-order valence-electron chi connectivity index (χ4n) is 3.39. The zero-order chi connectivity index (χ0) is 17.2. The highest BCUT2D eigenvalue weighted by Crippen LogP contribution is 2.33. The predicted molar refractivity (Wildman–Crippen MR) is 95.8 cm³/mol. The van der Waals surface area contributed by atoms with Crippen molar-refractivity contribution in [1.82, 2.24) is 9.55 Å². The van der Waals surface area contributed by atoms with Crippen LogP contribution in [0.4, 0.5) is 5.69 Å². The van der Waals surface area contributed by atoms with Crippen molar-refractivity contribution in [2.75, 3.05) is 5.32 Å². The molecule has 0 saturated heterocycles. The van der Waals surface area contributed by atoms with Crippen molar-refractivity contribution in [2.24, 2.45) is 0 Å². The van der Waals surface area contributed by atoms with Gasteiger partial charge in [-0.3, -0.25) is 14.6 Å². The second-order valence-corrected chi connectivity index (χ2v) is 6.08. The number of hydrogen-bond donors (Lipinski definition) is 1. The Morgan fingerprint density at radius 3 is 2.72 bits per heavy atom. The Balaban J connectivity index is 1.68. The Morgan fingerprint density at radius 1 is 1.08 bits per heavy atom. The van der Waals surface area contributed by atoms with Gasteiger partial charge in [-0.15, -0.1) is 0 Å². The van der Waals surface area contributed by atoms with E-state index in [0.717, 1.165) is 18.4 Å². The maximum Gasteiger partial charge on any atom is 0.263 e. The van der Waals surface area contributed by atoms with Crippen LogP contribution in [0.3, 0.4) is 0 Å². The van der Waals surface area contributed by atoms with Crippen molar-refractivity contribution in [3.63, 3.8) is 0 Å². The highest BCUT2D eigenvalue weighted by Gasteiger charge is 2.25. The molecule has 1 unspecified atom stereocenters. The molecule has 5 nitrogen and oxygen atoms in total. The van der Waals surface area contributed by atoms with E-state index in [9.17, 15) is 9.59 Å². The average Bonchev–Trinajstić information content (AvgIpc) is 3.07. The molecule has 1 aliphatic carbocycles. The van der Waals surface area contributed by atoms with E-state index in [0.29, 0.717) is 5.69 Å². The third-order valence-electron chi connectivity index (χ3n) is 4.59. The zero-order valence-electron chi connectivity index (χ0n) is 13.6. The largest absolute Gasteiger partial charge is 0.322 e. The van der Waals surface area contributed by atoms with Crippen molar-refractivity contribution in [3.8, 4) is 0 Å². The van der Waals surface area contributed by atoms with Gasteiger partial charge in [-0.1, -0.05) is 24.3 Å². The van der Waals surface area contributed by atoms with E-state index < -0.39 is 5.91 Å². The number of benzene rings is 1. The van der Waals surface area contributed by atoms with Gasteiger partial charge in [0.1, 0.15) is 5.56 Å². The van der Waals surface area contributed by atoms with Crippen LogP contribution < -0.4 is 10.9 Å². The number of aromatic nitrogens is 2. The van der Waals surface area contributed by atoms with Gasteiger partial charge < -0.3 is 9.88 Å². The summed E-state index contributed by atoms with van der Waals surface area (Å²) in [5, 5.41) is 2.74. The topological polar surface area (TPSA) is 64.0 Å². The maximum atomic E-state index is 12.9. The minimum atomic E-state index is -0.406. The van der Waals surface area contributed by atoms with E-state index in [1.54, 1.807) is 47.4 Å². The lowest BCUT2D eigenvalue weighted by Crippen LogP contribution is -2.30. The number of fused-ring (bicyclic) bond motifs is 1. The summed E-state index contributed by atoms with van der Waals surface area (Å²) in [6.07, 6.45) is 6.76. The number of nitrogens with one attached hydrogen (secondary N) is 1. The number of hydrogen-bond acceptors (Lipinski definition) is 3. The second-order valence-electron chi connectivity index (χ2n) is 6.08. The molecule has 0 saturated carbocycles. The van der Waals surface area contributed by atoms with E-state index in [1.165, 1.54) is 5.56 Å². The molecule has 1 N–H and O–H groups in total. The molecule has 1 amide bonds. The number of nitrogens with zero attached hydrogens (tertiary/aromatic N) is 2. The molecule has 2 heterocycles. The van der Waals surface area contributed by atoms with E-state index in [1.807, 2.05) is 12.1 Å². The normalized spacial score (nSPS) is 15.6. The minimum absolute atomic E-state index is 0.0163. The molecule has 0 bridgehead atoms. The first-order valence-electron chi connectivity index (χ1n) is 8.24. The van der Waals surface area contributed by atoms with Gasteiger partial charge >= 0.3 is 0 Å².